The summed E-state index contributed by atoms with van der Waals surface area (Å²) in [6.45, 7) is 9.53. The van der Waals surface area contributed by atoms with Crippen LogP contribution in [0.15, 0.2) is 24.3 Å². The number of carbonyl (C=O) groups excluding carboxylic acids is 2. The van der Waals surface area contributed by atoms with Crippen LogP contribution in [0.5, 0.6) is 0 Å². The fraction of sp³-hybridized carbons (Fsp3) is 0.600. The van der Waals surface area contributed by atoms with Gasteiger partial charge >= 0.3 is 6.09 Å². The molecule has 2 amide bonds. The molecule has 1 aliphatic carbocycles. The Bertz CT molecular complexity index is 646. The molecule has 1 atom stereocenters. The van der Waals surface area contributed by atoms with Crippen molar-refractivity contribution >= 4 is 12.0 Å². The Morgan fingerprint density at radius 1 is 1.19 bits per heavy atom. The lowest BCUT2D eigenvalue weighted by atomic mass is 9.95. The number of rotatable bonds is 6. The molecule has 0 bridgehead atoms. The summed E-state index contributed by atoms with van der Waals surface area (Å²) >= 11 is 0. The van der Waals surface area contributed by atoms with Crippen LogP contribution >= 0.6 is 0 Å². The van der Waals surface area contributed by atoms with Crippen LogP contribution < -0.4 is 10.6 Å². The predicted molar refractivity (Wildman–Crippen MR) is 98.3 cm³/mol. The van der Waals surface area contributed by atoms with Gasteiger partial charge < -0.3 is 15.4 Å². The minimum atomic E-state index is -0.672. The third-order valence-electron chi connectivity index (χ3n) is 4.53. The van der Waals surface area contributed by atoms with Crippen molar-refractivity contribution in [2.24, 2.45) is 5.92 Å². The maximum Gasteiger partial charge on any atom is 0.408 e. The Morgan fingerprint density at radius 2 is 1.77 bits per heavy atom. The minimum absolute atomic E-state index is 0.0801. The average molecular weight is 364 g/mol. The van der Waals surface area contributed by atoms with Crippen molar-refractivity contribution in [1.82, 2.24) is 10.6 Å². The number of ether oxygens (including phenoxy) is 1. The molecule has 1 aliphatic rings. The molecular weight excluding hydrogens is 335 g/mol. The number of hydrogen-bond donors (Lipinski definition) is 2. The van der Waals surface area contributed by atoms with Crippen LogP contribution in [0.1, 0.15) is 53.0 Å². The molecule has 1 unspecified atom stereocenters. The van der Waals surface area contributed by atoms with Gasteiger partial charge in [-0.2, -0.15) is 0 Å². The molecule has 2 rings (SSSR count). The van der Waals surface area contributed by atoms with Gasteiger partial charge in [0.25, 0.3) is 0 Å². The molecule has 6 heteroatoms. The molecule has 0 radical (unpaired) electrons. The lowest BCUT2D eigenvalue weighted by Crippen LogP contribution is -2.52. The second kappa shape index (κ2) is 7.64. The quantitative estimate of drug-likeness (QED) is 0.811. The zero-order chi connectivity index (χ0) is 19.5. The number of halogens is 1. The van der Waals surface area contributed by atoms with Crippen molar-refractivity contribution in [2.45, 2.75) is 64.5 Å². The summed E-state index contributed by atoms with van der Waals surface area (Å²) in [6.07, 6.45) is 1.29. The summed E-state index contributed by atoms with van der Waals surface area (Å²) in [5.74, 6) is -0.585. The number of alkyl carbamates (subject to hydrolysis) is 1. The Morgan fingerprint density at radius 3 is 2.23 bits per heavy atom. The molecule has 1 aromatic carbocycles. The summed E-state index contributed by atoms with van der Waals surface area (Å²) in [5, 5.41) is 5.60. The van der Waals surface area contributed by atoms with Gasteiger partial charge in [-0.25, -0.2) is 9.18 Å². The molecule has 2 N–H and O–H groups in total. The molecule has 0 saturated heterocycles. The topological polar surface area (TPSA) is 67.4 Å². The van der Waals surface area contributed by atoms with Crippen LogP contribution in [0.3, 0.4) is 0 Å². The summed E-state index contributed by atoms with van der Waals surface area (Å²) in [7, 11) is 0. The lowest BCUT2D eigenvalue weighted by Gasteiger charge is -2.26. The zero-order valence-electron chi connectivity index (χ0n) is 16.2. The van der Waals surface area contributed by atoms with Crippen LogP contribution in [-0.4, -0.2) is 30.2 Å². The van der Waals surface area contributed by atoms with Crippen molar-refractivity contribution in [2.75, 3.05) is 6.54 Å². The van der Waals surface area contributed by atoms with Crippen LogP contribution in [-0.2, 0) is 14.9 Å². The summed E-state index contributed by atoms with van der Waals surface area (Å²) in [4.78, 5) is 24.6. The molecule has 0 spiro atoms. The van der Waals surface area contributed by atoms with E-state index in [4.69, 9.17) is 4.74 Å². The van der Waals surface area contributed by atoms with Crippen LogP contribution in [0.4, 0.5) is 9.18 Å². The van der Waals surface area contributed by atoms with Crippen LogP contribution in [0.2, 0.25) is 0 Å². The van der Waals surface area contributed by atoms with Crippen molar-refractivity contribution in [3.8, 4) is 0 Å². The first-order valence-electron chi connectivity index (χ1n) is 9.06. The first kappa shape index (κ1) is 20.2. The Labute approximate surface area is 154 Å². The highest BCUT2D eigenvalue weighted by Crippen LogP contribution is 2.47. The fourth-order valence-electron chi connectivity index (χ4n) is 2.86. The molecule has 1 aromatic rings. The monoisotopic (exact) mass is 364 g/mol. The highest BCUT2D eigenvalue weighted by molar-refractivity contribution is 5.86. The molecular formula is C20H29FN2O3. The van der Waals surface area contributed by atoms with Gasteiger partial charge in [-0.1, -0.05) is 26.0 Å². The number of nitrogens with one attached hydrogen (secondary N) is 2. The van der Waals surface area contributed by atoms with E-state index in [1.807, 2.05) is 13.8 Å². The molecule has 1 saturated carbocycles. The van der Waals surface area contributed by atoms with Crippen LogP contribution in [0, 0.1) is 11.7 Å². The van der Waals surface area contributed by atoms with E-state index in [0.29, 0.717) is 6.54 Å². The van der Waals surface area contributed by atoms with Gasteiger partial charge in [0.15, 0.2) is 0 Å². The molecule has 26 heavy (non-hydrogen) atoms. The second-order valence-corrected chi connectivity index (χ2v) is 8.37. The maximum absolute atomic E-state index is 13.1. The molecule has 0 aliphatic heterocycles. The Kier molecular flexibility index (Phi) is 5.94. The Hall–Kier alpha value is -2.11. The van der Waals surface area contributed by atoms with E-state index in [2.05, 4.69) is 10.6 Å². The van der Waals surface area contributed by atoms with Gasteiger partial charge in [-0.15, -0.1) is 0 Å². The average Bonchev–Trinajstić information content (AvgIpc) is 3.30. The third-order valence-corrected chi connectivity index (χ3v) is 4.53. The number of hydrogen-bond acceptors (Lipinski definition) is 3. The first-order chi connectivity index (χ1) is 12.0. The standard InChI is InChI=1S/C20H29FN2O3/c1-13(2)16(23-18(25)26-19(3,4)5)17(24)22-12-20(10-11-20)14-6-8-15(21)9-7-14/h6-9,13,16H,10-12H2,1-5H3,(H,22,24)(H,23,25). The highest BCUT2D eigenvalue weighted by Gasteiger charge is 2.44. The normalized spacial score (nSPS) is 16.7. The van der Waals surface area contributed by atoms with Crippen molar-refractivity contribution in [3.05, 3.63) is 35.6 Å². The van der Waals surface area contributed by atoms with Gasteiger partial charge in [-0.3, -0.25) is 4.79 Å². The van der Waals surface area contributed by atoms with E-state index in [1.165, 1.54) is 12.1 Å². The highest BCUT2D eigenvalue weighted by atomic mass is 19.1. The fourth-order valence-corrected chi connectivity index (χ4v) is 2.86. The third kappa shape index (κ3) is 5.44. The zero-order valence-corrected chi connectivity index (χ0v) is 16.2. The predicted octanol–water partition coefficient (Wildman–Crippen LogP) is 3.52. The van der Waals surface area contributed by atoms with E-state index in [0.717, 1.165) is 18.4 Å². The molecule has 5 nitrogen and oxygen atoms in total. The molecule has 144 valence electrons. The second-order valence-electron chi connectivity index (χ2n) is 8.37. The SMILES string of the molecule is CC(C)C(NC(=O)OC(C)(C)C)C(=O)NCC1(c2ccc(F)cc2)CC1. The Balaban J connectivity index is 1.95. The summed E-state index contributed by atoms with van der Waals surface area (Å²) < 4.78 is 18.4. The minimum Gasteiger partial charge on any atom is -0.444 e. The number of carbonyl (C=O) groups is 2. The summed E-state index contributed by atoms with van der Waals surface area (Å²) in [6, 6.07) is 5.76. The summed E-state index contributed by atoms with van der Waals surface area (Å²) in [5.41, 5.74) is 0.278. The lowest BCUT2D eigenvalue weighted by molar-refractivity contribution is -0.124. The van der Waals surface area contributed by atoms with E-state index < -0.39 is 17.7 Å². The number of amides is 2. The van der Waals surface area contributed by atoms with Gasteiger partial charge in [0.1, 0.15) is 17.5 Å². The van der Waals surface area contributed by atoms with E-state index >= 15 is 0 Å². The van der Waals surface area contributed by atoms with Crippen molar-refractivity contribution in [1.29, 1.82) is 0 Å². The van der Waals surface area contributed by atoms with Gasteiger partial charge in [0, 0.05) is 12.0 Å². The first-order valence-corrected chi connectivity index (χ1v) is 9.06. The number of benzene rings is 1. The van der Waals surface area contributed by atoms with E-state index in [9.17, 15) is 14.0 Å². The van der Waals surface area contributed by atoms with Gasteiger partial charge in [-0.05, 0) is 57.2 Å². The molecule has 0 heterocycles. The molecule has 0 aromatic heterocycles. The smallest absolute Gasteiger partial charge is 0.408 e. The van der Waals surface area contributed by atoms with Crippen molar-refractivity contribution < 1.29 is 18.7 Å². The van der Waals surface area contributed by atoms with E-state index in [1.54, 1.807) is 32.9 Å². The van der Waals surface area contributed by atoms with Gasteiger partial charge in [0.05, 0.1) is 0 Å². The van der Waals surface area contributed by atoms with Gasteiger partial charge in [0.2, 0.25) is 5.91 Å². The van der Waals surface area contributed by atoms with Crippen molar-refractivity contribution in [3.63, 3.8) is 0 Å². The largest absolute Gasteiger partial charge is 0.444 e. The molecule has 1 fully saturated rings. The van der Waals surface area contributed by atoms with E-state index in [-0.39, 0.29) is 23.1 Å². The maximum atomic E-state index is 13.1. The van der Waals surface area contributed by atoms with Crippen LogP contribution in [0.25, 0.3) is 0 Å².